The summed E-state index contributed by atoms with van der Waals surface area (Å²) >= 11 is 8.07. The Kier molecular flexibility index (Phi) is 4.98. The molecule has 0 bridgehead atoms. The number of nitrogens with zero attached hydrogens (tertiary/aromatic N) is 3. The van der Waals surface area contributed by atoms with Crippen LogP contribution in [0.1, 0.15) is 23.8 Å². The van der Waals surface area contributed by atoms with Crippen molar-refractivity contribution in [1.29, 1.82) is 0 Å². The van der Waals surface area contributed by atoms with Gasteiger partial charge in [0.05, 0.1) is 22.6 Å². The highest BCUT2D eigenvalue weighted by Gasteiger charge is 2.31. The van der Waals surface area contributed by atoms with E-state index in [0.29, 0.717) is 0 Å². The van der Waals surface area contributed by atoms with Crippen LogP contribution in [-0.4, -0.2) is 24.1 Å². The van der Waals surface area contributed by atoms with Crippen LogP contribution >= 0.6 is 23.4 Å². The van der Waals surface area contributed by atoms with E-state index < -0.39 is 0 Å². The fraction of sp³-hybridized carbons (Fsp3) is 0.316. The average Bonchev–Trinajstić information content (AvgIpc) is 3.03. The van der Waals surface area contributed by atoms with Gasteiger partial charge in [-0.15, -0.1) is 0 Å². The number of halogens is 1. The smallest absolute Gasteiger partial charge is 0.112 e. The summed E-state index contributed by atoms with van der Waals surface area (Å²) < 4.78 is 0. The van der Waals surface area contributed by atoms with Gasteiger partial charge in [0.15, 0.2) is 0 Å². The molecule has 1 aromatic heterocycles. The number of pyridine rings is 1. The molecule has 1 aromatic carbocycles. The second-order valence-electron chi connectivity index (χ2n) is 6.64. The summed E-state index contributed by atoms with van der Waals surface area (Å²) in [5.74, 6) is 0. The lowest BCUT2D eigenvalue weighted by Gasteiger charge is -2.36. The molecule has 1 saturated heterocycles. The molecule has 2 aliphatic rings. The van der Waals surface area contributed by atoms with E-state index in [9.17, 15) is 0 Å². The molecule has 1 unspecified atom stereocenters. The minimum absolute atomic E-state index is 0.00915. The van der Waals surface area contributed by atoms with Crippen LogP contribution in [0.25, 0.3) is 0 Å². The standard InChI is InChI=1S/C19H22ClN5S/c20-15-6-2-1-5-14(15)19-25(12-18(22)26-19)17-10-23-8-7-16(17)24-9-3-4-13(21)11-24/h1-2,5-8,10,12-13,19H,3-4,9,11,21-22H2/t13?,19-/m0/s1. The zero-order valence-electron chi connectivity index (χ0n) is 14.4. The van der Waals surface area contributed by atoms with E-state index in [1.165, 1.54) is 0 Å². The van der Waals surface area contributed by atoms with Crippen molar-refractivity contribution in [2.75, 3.05) is 22.9 Å². The molecule has 136 valence electrons. The number of benzene rings is 1. The number of piperidine rings is 1. The Bertz CT molecular complexity index is 827. The van der Waals surface area contributed by atoms with Crippen molar-refractivity contribution < 1.29 is 0 Å². The summed E-state index contributed by atoms with van der Waals surface area (Å²) in [7, 11) is 0. The van der Waals surface area contributed by atoms with E-state index in [4.69, 9.17) is 23.1 Å². The van der Waals surface area contributed by atoms with Crippen LogP contribution in [0, 0.1) is 0 Å². The van der Waals surface area contributed by atoms with Crippen LogP contribution in [0.4, 0.5) is 11.4 Å². The van der Waals surface area contributed by atoms with Crippen molar-refractivity contribution in [1.82, 2.24) is 4.98 Å². The normalized spacial score (nSPS) is 23.2. The Labute approximate surface area is 163 Å². The van der Waals surface area contributed by atoms with Crippen LogP contribution in [-0.2, 0) is 0 Å². The van der Waals surface area contributed by atoms with E-state index in [0.717, 1.165) is 52.9 Å². The number of nitrogens with two attached hydrogens (primary N) is 2. The number of aromatic nitrogens is 1. The highest BCUT2D eigenvalue weighted by atomic mass is 35.5. The van der Waals surface area contributed by atoms with Crippen LogP contribution in [0.15, 0.2) is 54.0 Å². The SMILES string of the molecule is NC1=CN(c2cnccc2N2CCCC(N)C2)[C@H](c2ccccc2Cl)S1. The first kappa shape index (κ1) is 17.5. The number of hydrogen-bond donors (Lipinski definition) is 2. The van der Waals surface area contributed by atoms with E-state index in [1.54, 1.807) is 11.8 Å². The van der Waals surface area contributed by atoms with E-state index >= 15 is 0 Å². The van der Waals surface area contributed by atoms with Gasteiger partial charge in [-0.2, -0.15) is 0 Å². The third-order valence-electron chi connectivity index (χ3n) is 4.79. The first-order valence-corrected chi connectivity index (χ1v) is 10.0. The third-order valence-corrected chi connectivity index (χ3v) is 6.22. The molecule has 5 nitrogen and oxygen atoms in total. The lowest BCUT2D eigenvalue weighted by Crippen LogP contribution is -2.43. The van der Waals surface area contributed by atoms with Crippen molar-refractivity contribution in [3.05, 3.63) is 64.5 Å². The Morgan fingerprint density at radius 1 is 1.19 bits per heavy atom. The molecule has 0 spiro atoms. The average molecular weight is 388 g/mol. The Morgan fingerprint density at radius 3 is 2.85 bits per heavy atom. The maximum atomic E-state index is 6.47. The van der Waals surface area contributed by atoms with Crippen molar-refractivity contribution in [3.8, 4) is 0 Å². The highest BCUT2D eigenvalue weighted by molar-refractivity contribution is 8.03. The van der Waals surface area contributed by atoms with Crippen molar-refractivity contribution in [2.24, 2.45) is 11.5 Å². The van der Waals surface area contributed by atoms with Crippen LogP contribution in [0.3, 0.4) is 0 Å². The molecule has 1 fully saturated rings. The predicted molar refractivity (Wildman–Crippen MR) is 110 cm³/mol. The lowest BCUT2D eigenvalue weighted by atomic mass is 10.1. The Balaban J connectivity index is 1.73. The van der Waals surface area contributed by atoms with Gasteiger partial charge in [-0.3, -0.25) is 4.98 Å². The zero-order valence-corrected chi connectivity index (χ0v) is 16.0. The van der Waals surface area contributed by atoms with Gasteiger partial charge in [0.25, 0.3) is 0 Å². The van der Waals surface area contributed by atoms with Gasteiger partial charge in [0.1, 0.15) is 5.37 Å². The lowest BCUT2D eigenvalue weighted by molar-refractivity contribution is 0.506. The molecule has 2 atom stereocenters. The Hall–Kier alpha value is -1.89. The molecule has 4 rings (SSSR count). The van der Waals surface area contributed by atoms with Crippen LogP contribution < -0.4 is 21.3 Å². The summed E-state index contributed by atoms with van der Waals surface area (Å²) in [5.41, 5.74) is 15.6. The molecule has 26 heavy (non-hydrogen) atoms. The van der Waals surface area contributed by atoms with Crippen LogP contribution in [0.2, 0.25) is 5.02 Å². The number of anilines is 2. The molecule has 0 aliphatic carbocycles. The molecule has 0 amide bonds. The fourth-order valence-electron chi connectivity index (χ4n) is 3.58. The van der Waals surface area contributed by atoms with Gasteiger partial charge in [-0.25, -0.2) is 0 Å². The molecular formula is C19H22ClN5S. The molecule has 0 saturated carbocycles. The first-order chi connectivity index (χ1) is 12.6. The van der Waals surface area contributed by atoms with Gasteiger partial charge in [0, 0.05) is 42.1 Å². The van der Waals surface area contributed by atoms with Crippen molar-refractivity contribution >= 4 is 34.7 Å². The molecule has 3 heterocycles. The third kappa shape index (κ3) is 3.37. The van der Waals surface area contributed by atoms with Gasteiger partial charge in [-0.05, 0) is 25.0 Å². The summed E-state index contributed by atoms with van der Waals surface area (Å²) in [4.78, 5) is 8.89. The molecule has 2 aromatic rings. The molecule has 0 radical (unpaired) electrons. The van der Waals surface area contributed by atoms with E-state index in [-0.39, 0.29) is 11.4 Å². The quantitative estimate of drug-likeness (QED) is 0.837. The van der Waals surface area contributed by atoms with Gasteiger partial charge >= 0.3 is 0 Å². The second-order valence-corrected chi connectivity index (χ2v) is 8.20. The molecule has 2 aliphatic heterocycles. The minimum Gasteiger partial charge on any atom is -0.392 e. The molecular weight excluding hydrogens is 366 g/mol. The summed E-state index contributed by atoms with van der Waals surface area (Å²) in [6.07, 6.45) is 7.88. The van der Waals surface area contributed by atoms with Crippen molar-refractivity contribution in [3.63, 3.8) is 0 Å². The number of hydrogen-bond acceptors (Lipinski definition) is 6. The number of rotatable bonds is 3. The highest BCUT2D eigenvalue weighted by Crippen LogP contribution is 2.48. The maximum Gasteiger partial charge on any atom is 0.112 e. The summed E-state index contributed by atoms with van der Waals surface area (Å²) in [6, 6.07) is 10.2. The van der Waals surface area contributed by atoms with Crippen LogP contribution in [0.5, 0.6) is 0 Å². The summed E-state index contributed by atoms with van der Waals surface area (Å²) in [5, 5.41) is 1.49. The number of thioether (sulfide) groups is 1. The largest absolute Gasteiger partial charge is 0.392 e. The fourth-order valence-corrected chi connectivity index (χ4v) is 4.94. The zero-order chi connectivity index (χ0) is 18.1. The van der Waals surface area contributed by atoms with Gasteiger partial charge in [-0.1, -0.05) is 41.6 Å². The Morgan fingerprint density at radius 2 is 2.04 bits per heavy atom. The molecule has 4 N–H and O–H groups in total. The molecule has 7 heteroatoms. The predicted octanol–water partition coefficient (Wildman–Crippen LogP) is 3.67. The van der Waals surface area contributed by atoms with Gasteiger partial charge in [0.2, 0.25) is 0 Å². The van der Waals surface area contributed by atoms with Crippen molar-refractivity contribution in [2.45, 2.75) is 24.3 Å². The van der Waals surface area contributed by atoms with Gasteiger partial charge < -0.3 is 21.3 Å². The van der Waals surface area contributed by atoms with E-state index in [1.807, 2.05) is 42.9 Å². The second kappa shape index (κ2) is 7.39. The van der Waals surface area contributed by atoms with E-state index in [2.05, 4.69) is 20.9 Å². The minimum atomic E-state index is -0.00915. The maximum absolute atomic E-state index is 6.47. The first-order valence-electron chi connectivity index (χ1n) is 8.75. The monoisotopic (exact) mass is 387 g/mol. The summed E-state index contributed by atoms with van der Waals surface area (Å²) in [6.45, 7) is 1.86. The topological polar surface area (TPSA) is 71.4 Å².